The van der Waals surface area contributed by atoms with Crippen LogP contribution in [-0.2, 0) is 11.3 Å². The fourth-order valence-corrected chi connectivity index (χ4v) is 2.12. The van der Waals surface area contributed by atoms with Crippen molar-refractivity contribution in [3.63, 3.8) is 0 Å². The number of rotatable bonds is 7. The van der Waals surface area contributed by atoms with Gasteiger partial charge in [0.2, 0.25) is 0 Å². The summed E-state index contributed by atoms with van der Waals surface area (Å²) in [4.78, 5) is 25.2. The average molecular weight is 327 g/mol. The van der Waals surface area contributed by atoms with E-state index in [0.717, 1.165) is 11.3 Å². The average Bonchev–Trinajstić information content (AvgIpc) is 2.58. The van der Waals surface area contributed by atoms with Crippen LogP contribution in [0, 0.1) is 0 Å². The quantitative estimate of drug-likeness (QED) is 0.808. The van der Waals surface area contributed by atoms with E-state index in [1.165, 1.54) is 0 Å². The van der Waals surface area contributed by atoms with Crippen LogP contribution < -0.4 is 20.7 Å². The van der Waals surface area contributed by atoms with E-state index >= 15 is 0 Å². The SMILES string of the molecule is CN(C)c1ccc(CNC(=O)c2ccccc2OCC(N)=O)cc1. The predicted molar refractivity (Wildman–Crippen MR) is 93.1 cm³/mol. The van der Waals surface area contributed by atoms with E-state index in [9.17, 15) is 9.59 Å². The number of anilines is 1. The number of nitrogens with two attached hydrogens (primary N) is 1. The van der Waals surface area contributed by atoms with Crippen LogP contribution in [0.2, 0.25) is 0 Å². The van der Waals surface area contributed by atoms with Crippen molar-refractivity contribution >= 4 is 17.5 Å². The number of nitrogens with one attached hydrogen (secondary N) is 1. The molecular formula is C18H21N3O3. The van der Waals surface area contributed by atoms with Gasteiger partial charge in [-0.3, -0.25) is 9.59 Å². The molecule has 126 valence electrons. The number of benzene rings is 2. The second kappa shape index (κ2) is 8.01. The van der Waals surface area contributed by atoms with Crippen molar-refractivity contribution < 1.29 is 14.3 Å². The van der Waals surface area contributed by atoms with Gasteiger partial charge in [-0.05, 0) is 29.8 Å². The molecule has 6 nitrogen and oxygen atoms in total. The molecule has 2 amide bonds. The van der Waals surface area contributed by atoms with Crippen LogP contribution >= 0.6 is 0 Å². The highest BCUT2D eigenvalue weighted by molar-refractivity contribution is 5.97. The number of hydrogen-bond acceptors (Lipinski definition) is 4. The highest BCUT2D eigenvalue weighted by atomic mass is 16.5. The lowest BCUT2D eigenvalue weighted by molar-refractivity contribution is -0.119. The molecule has 0 unspecified atom stereocenters. The van der Waals surface area contributed by atoms with Crippen molar-refractivity contribution in [2.24, 2.45) is 5.73 Å². The van der Waals surface area contributed by atoms with Crippen LogP contribution in [0.15, 0.2) is 48.5 Å². The lowest BCUT2D eigenvalue weighted by Crippen LogP contribution is -2.25. The lowest BCUT2D eigenvalue weighted by atomic mass is 10.1. The molecule has 0 bridgehead atoms. The number of hydrogen-bond donors (Lipinski definition) is 2. The highest BCUT2D eigenvalue weighted by Crippen LogP contribution is 2.18. The molecule has 2 aromatic rings. The summed E-state index contributed by atoms with van der Waals surface area (Å²) in [5.41, 5.74) is 7.51. The van der Waals surface area contributed by atoms with Gasteiger partial charge in [0.25, 0.3) is 11.8 Å². The Labute approximate surface area is 141 Å². The first-order valence-electron chi connectivity index (χ1n) is 7.52. The fraction of sp³-hybridized carbons (Fsp3) is 0.222. The molecule has 24 heavy (non-hydrogen) atoms. The summed E-state index contributed by atoms with van der Waals surface area (Å²) in [5, 5.41) is 2.84. The molecular weight excluding hydrogens is 306 g/mol. The normalized spacial score (nSPS) is 10.1. The topological polar surface area (TPSA) is 84.7 Å². The summed E-state index contributed by atoms with van der Waals surface area (Å²) in [7, 11) is 3.94. The van der Waals surface area contributed by atoms with Gasteiger partial charge < -0.3 is 20.7 Å². The fourth-order valence-electron chi connectivity index (χ4n) is 2.12. The second-order valence-corrected chi connectivity index (χ2v) is 5.49. The van der Waals surface area contributed by atoms with Gasteiger partial charge in [-0.25, -0.2) is 0 Å². The summed E-state index contributed by atoms with van der Waals surface area (Å²) in [6.07, 6.45) is 0. The second-order valence-electron chi connectivity index (χ2n) is 5.49. The molecule has 0 aliphatic rings. The Hall–Kier alpha value is -3.02. The molecule has 0 fully saturated rings. The molecule has 2 aromatic carbocycles. The number of amides is 2. The minimum absolute atomic E-state index is 0.268. The van der Waals surface area contributed by atoms with Gasteiger partial charge in [0.1, 0.15) is 5.75 Å². The van der Waals surface area contributed by atoms with Crippen LogP contribution in [0.5, 0.6) is 5.75 Å². The Bertz CT molecular complexity index is 712. The summed E-state index contributed by atoms with van der Waals surface area (Å²) >= 11 is 0. The summed E-state index contributed by atoms with van der Waals surface area (Å²) in [6, 6.07) is 14.6. The number of carbonyl (C=O) groups is 2. The van der Waals surface area contributed by atoms with Crippen molar-refractivity contribution in [1.29, 1.82) is 0 Å². The standard InChI is InChI=1S/C18H21N3O3/c1-21(2)14-9-7-13(8-10-14)11-20-18(23)15-5-3-4-6-16(15)24-12-17(19)22/h3-10H,11-12H2,1-2H3,(H2,19,22)(H,20,23). The predicted octanol–water partition coefficient (Wildman–Crippen LogP) is 1.55. The molecule has 0 aliphatic heterocycles. The number of para-hydroxylation sites is 1. The van der Waals surface area contributed by atoms with Crippen molar-refractivity contribution in [2.75, 3.05) is 25.6 Å². The molecule has 3 N–H and O–H groups in total. The Kier molecular flexibility index (Phi) is 5.78. The number of carbonyl (C=O) groups excluding carboxylic acids is 2. The minimum Gasteiger partial charge on any atom is -0.483 e. The van der Waals surface area contributed by atoms with Gasteiger partial charge in [0.15, 0.2) is 6.61 Å². The summed E-state index contributed by atoms with van der Waals surface area (Å²) < 4.78 is 5.27. The largest absolute Gasteiger partial charge is 0.483 e. The summed E-state index contributed by atoms with van der Waals surface area (Å²) in [5.74, 6) is -0.533. The number of primary amides is 1. The lowest BCUT2D eigenvalue weighted by Gasteiger charge is -2.13. The first kappa shape index (κ1) is 17.3. The van der Waals surface area contributed by atoms with Crippen LogP contribution in [0.4, 0.5) is 5.69 Å². The maximum absolute atomic E-state index is 12.3. The molecule has 0 atom stereocenters. The van der Waals surface area contributed by atoms with Crippen LogP contribution in [0.1, 0.15) is 15.9 Å². The van der Waals surface area contributed by atoms with Crippen molar-refractivity contribution in [3.05, 3.63) is 59.7 Å². The third-order valence-electron chi connectivity index (χ3n) is 3.41. The molecule has 6 heteroatoms. The highest BCUT2D eigenvalue weighted by Gasteiger charge is 2.12. The monoisotopic (exact) mass is 327 g/mol. The zero-order chi connectivity index (χ0) is 17.5. The third kappa shape index (κ3) is 4.74. The van der Waals surface area contributed by atoms with Crippen LogP contribution in [0.3, 0.4) is 0 Å². The van der Waals surface area contributed by atoms with Crippen molar-refractivity contribution in [2.45, 2.75) is 6.54 Å². The molecule has 0 aromatic heterocycles. The maximum Gasteiger partial charge on any atom is 0.255 e. The van der Waals surface area contributed by atoms with Crippen molar-refractivity contribution in [1.82, 2.24) is 5.32 Å². The van der Waals surface area contributed by atoms with Crippen LogP contribution in [0.25, 0.3) is 0 Å². The minimum atomic E-state index is -0.591. The van der Waals surface area contributed by atoms with Gasteiger partial charge in [0, 0.05) is 26.3 Å². The van der Waals surface area contributed by atoms with Gasteiger partial charge in [-0.15, -0.1) is 0 Å². The third-order valence-corrected chi connectivity index (χ3v) is 3.41. The number of ether oxygens (including phenoxy) is 1. The Morgan fingerprint density at radius 1 is 1.08 bits per heavy atom. The van der Waals surface area contributed by atoms with E-state index in [-0.39, 0.29) is 12.5 Å². The summed E-state index contributed by atoms with van der Waals surface area (Å²) in [6.45, 7) is 0.132. The van der Waals surface area contributed by atoms with E-state index in [1.807, 2.05) is 43.3 Å². The first-order valence-corrected chi connectivity index (χ1v) is 7.52. The Morgan fingerprint density at radius 2 is 1.75 bits per heavy atom. The first-order chi connectivity index (χ1) is 11.5. The molecule has 0 saturated heterocycles. The Morgan fingerprint density at radius 3 is 2.38 bits per heavy atom. The van der Waals surface area contributed by atoms with Crippen molar-refractivity contribution in [3.8, 4) is 5.75 Å². The van der Waals surface area contributed by atoms with Gasteiger partial charge in [-0.1, -0.05) is 24.3 Å². The number of nitrogens with zero attached hydrogens (tertiary/aromatic N) is 1. The zero-order valence-electron chi connectivity index (χ0n) is 13.8. The Balaban J connectivity index is 2.00. The van der Waals surface area contributed by atoms with Crippen LogP contribution in [-0.4, -0.2) is 32.5 Å². The van der Waals surface area contributed by atoms with E-state index < -0.39 is 5.91 Å². The molecule has 0 heterocycles. The molecule has 0 saturated carbocycles. The van der Waals surface area contributed by atoms with Gasteiger partial charge in [-0.2, -0.15) is 0 Å². The van der Waals surface area contributed by atoms with E-state index in [0.29, 0.717) is 17.9 Å². The maximum atomic E-state index is 12.3. The van der Waals surface area contributed by atoms with E-state index in [1.54, 1.807) is 24.3 Å². The smallest absolute Gasteiger partial charge is 0.255 e. The zero-order valence-corrected chi connectivity index (χ0v) is 13.8. The molecule has 0 radical (unpaired) electrons. The van der Waals surface area contributed by atoms with E-state index in [4.69, 9.17) is 10.5 Å². The van der Waals surface area contributed by atoms with E-state index in [2.05, 4.69) is 5.32 Å². The molecule has 0 spiro atoms. The van der Waals surface area contributed by atoms with Gasteiger partial charge in [0.05, 0.1) is 5.56 Å². The molecule has 0 aliphatic carbocycles. The molecule has 2 rings (SSSR count). The van der Waals surface area contributed by atoms with Gasteiger partial charge >= 0.3 is 0 Å².